The number of hydrogen-bond acceptors (Lipinski definition) is 6. The zero-order valence-corrected chi connectivity index (χ0v) is 11.0. The smallest absolute Gasteiger partial charge is 0.274 e. The Bertz CT molecular complexity index is 394. The Labute approximate surface area is 112 Å². The molecule has 1 aromatic rings. The lowest BCUT2D eigenvalue weighted by molar-refractivity contribution is 0.0678. The van der Waals surface area contributed by atoms with Crippen LogP contribution in [0.2, 0.25) is 0 Å². The molecule has 1 heterocycles. The zero-order valence-electron chi connectivity index (χ0n) is 11.0. The van der Waals surface area contributed by atoms with E-state index in [1.54, 1.807) is 6.20 Å². The maximum atomic E-state index is 12.1. The summed E-state index contributed by atoms with van der Waals surface area (Å²) in [6.07, 6.45) is 3.87. The van der Waals surface area contributed by atoms with Crippen molar-refractivity contribution < 1.29 is 15.0 Å². The van der Waals surface area contributed by atoms with E-state index in [1.165, 1.54) is 11.1 Å². The fourth-order valence-electron chi connectivity index (χ4n) is 1.53. The van der Waals surface area contributed by atoms with Crippen molar-refractivity contribution in [1.82, 2.24) is 14.9 Å². The lowest BCUT2D eigenvalue weighted by Crippen LogP contribution is -2.36. The topological polar surface area (TPSA) is 98.6 Å². The molecular formula is C12H20N4O3. The van der Waals surface area contributed by atoms with Crippen LogP contribution in [-0.2, 0) is 0 Å². The Kier molecular flexibility index (Phi) is 6.76. The maximum absolute atomic E-state index is 12.1. The molecule has 0 saturated heterocycles. The van der Waals surface area contributed by atoms with E-state index < -0.39 is 0 Å². The number of hydrogen-bond donors (Lipinski definition) is 3. The van der Waals surface area contributed by atoms with Crippen molar-refractivity contribution in [2.24, 2.45) is 0 Å². The van der Waals surface area contributed by atoms with E-state index in [4.69, 9.17) is 10.2 Å². The third-order valence-electron chi connectivity index (χ3n) is 2.44. The molecule has 0 spiro atoms. The number of aliphatic hydroxyl groups is 2. The molecule has 0 saturated carbocycles. The second-order valence-electron chi connectivity index (χ2n) is 3.96. The van der Waals surface area contributed by atoms with Gasteiger partial charge in [-0.05, 0) is 6.42 Å². The van der Waals surface area contributed by atoms with E-state index in [-0.39, 0.29) is 37.9 Å². The Morgan fingerprint density at radius 1 is 1.32 bits per heavy atom. The van der Waals surface area contributed by atoms with Crippen LogP contribution in [0, 0.1) is 0 Å². The highest BCUT2D eigenvalue weighted by Gasteiger charge is 2.16. The van der Waals surface area contributed by atoms with Gasteiger partial charge in [0.1, 0.15) is 11.5 Å². The highest BCUT2D eigenvalue weighted by Crippen LogP contribution is 2.05. The fraction of sp³-hybridized carbons (Fsp3) is 0.583. The Morgan fingerprint density at radius 3 is 2.58 bits per heavy atom. The monoisotopic (exact) mass is 268 g/mol. The molecule has 0 radical (unpaired) electrons. The number of rotatable bonds is 8. The number of anilines is 1. The second-order valence-corrected chi connectivity index (χ2v) is 3.96. The maximum Gasteiger partial charge on any atom is 0.274 e. The van der Waals surface area contributed by atoms with Crippen LogP contribution in [0.25, 0.3) is 0 Å². The van der Waals surface area contributed by atoms with Crippen LogP contribution in [0.4, 0.5) is 5.82 Å². The minimum Gasteiger partial charge on any atom is -0.395 e. The number of amides is 1. The highest BCUT2D eigenvalue weighted by molar-refractivity contribution is 5.92. The summed E-state index contributed by atoms with van der Waals surface area (Å²) < 4.78 is 0. The number of carbonyl (C=O) groups is 1. The highest BCUT2D eigenvalue weighted by atomic mass is 16.3. The van der Waals surface area contributed by atoms with E-state index in [0.717, 1.165) is 13.0 Å². The molecule has 106 valence electrons. The average molecular weight is 268 g/mol. The first kappa shape index (κ1) is 15.3. The number of aromatic nitrogens is 2. The predicted molar refractivity (Wildman–Crippen MR) is 70.9 cm³/mol. The molecule has 0 bridgehead atoms. The Balaban J connectivity index is 2.78. The van der Waals surface area contributed by atoms with E-state index >= 15 is 0 Å². The molecule has 1 aromatic heterocycles. The number of nitrogens with zero attached hydrogens (tertiary/aromatic N) is 3. The van der Waals surface area contributed by atoms with Crippen molar-refractivity contribution in [2.75, 3.05) is 38.2 Å². The van der Waals surface area contributed by atoms with Gasteiger partial charge in [0, 0.05) is 19.6 Å². The van der Waals surface area contributed by atoms with Gasteiger partial charge >= 0.3 is 0 Å². The summed E-state index contributed by atoms with van der Waals surface area (Å²) in [6.45, 7) is 2.78. The number of aliphatic hydroxyl groups excluding tert-OH is 2. The third-order valence-corrected chi connectivity index (χ3v) is 2.44. The van der Waals surface area contributed by atoms with Crippen LogP contribution in [0.1, 0.15) is 23.8 Å². The van der Waals surface area contributed by atoms with Crippen molar-refractivity contribution in [3.63, 3.8) is 0 Å². The molecule has 3 N–H and O–H groups in total. The van der Waals surface area contributed by atoms with E-state index in [2.05, 4.69) is 15.3 Å². The summed E-state index contributed by atoms with van der Waals surface area (Å²) in [5.74, 6) is 0.191. The van der Waals surface area contributed by atoms with Crippen LogP contribution in [0.15, 0.2) is 12.4 Å². The molecule has 7 heteroatoms. The van der Waals surface area contributed by atoms with Crippen LogP contribution in [-0.4, -0.2) is 63.8 Å². The van der Waals surface area contributed by atoms with Gasteiger partial charge in [-0.3, -0.25) is 9.78 Å². The summed E-state index contributed by atoms with van der Waals surface area (Å²) >= 11 is 0. The molecule has 1 rings (SSSR count). The Hall–Kier alpha value is -1.73. The first-order chi connectivity index (χ1) is 9.22. The van der Waals surface area contributed by atoms with Crippen molar-refractivity contribution in [1.29, 1.82) is 0 Å². The lowest BCUT2D eigenvalue weighted by Gasteiger charge is -2.20. The van der Waals surface area contributed by atoms with Crippen molar-refractivity contribution >= 4 is 11.7 Å². The first-order valence-corrected chi connectivity index (χ1v) is 6.29. The summed E-state index contributed by atoms with van der Waals surface area (Å²) in [5, 5.41) is 20.9. The summed E-state index contributed by atoms with van der Waals surface area (Å²) in [6, 6.07) is 0. The van der Waals surface area contributed by atoms with E-state index in [0.29, 0.717) is 5.82 Å². The van der Waals surface area contributed by atoms with E-state index in [9.17, 15) is 4.79 Å². The van der Waals surface area contributed by atoms with Gasteiger partial charge in [-0.15, -0.1) is 0 Å². The standard InChI is InChI=1S/C12H20N4O3/c1-2-3-14-11-9-13-8-10(15-11)12(19)16(4-6-17)5-7-18/h8-9,17-18H,2-7H2,1H3,(H,14,15). The number of nitrogens with one attached hydrogen (secondary N) is 1. The Morgan fingerprint density at radius 2 is 2.00 bits per heavy atom. The minimum absolute atomic E-state index is 0.160. The fourth-order valence-corrected chi connectivity index (χ4v) is 1.53. The SMILES string of the molecule is CCCNc1cncc(C(=O)N(CCO)CCO)n1. The molecule has 0 fully saturated rings. The van der Waals surface area contributed by atoms with Gasteiger partial charge in [-0.1, -0.05) is 6.92 Å². The van der Waals surface area contributed by atoms with E-state index in [1.807, 2.05) is 6.92 Å². The second kappa shape index (κ2) is 8.39. The first-order valence-electron chi connectivity index (χ1n) is 6.29. The summed E-state index contributed by atoms with van der Waals surface area (Å²) in [4.78, 5) is 21.6. The molecule has 1 amide bonds. The molecule has 0 unspecified atom stereocenters. The van der Waals surface area contributed by atoms with Crippen LogP contribution in [0.3, 0.4) is 0 Å². The molecule has 0 aliphatic heterocycles. The quantitative estimate of drug-likeness (QED) is 0.600. The van der Waals surface area contributed by atoms with Crippen LogP contribution in [0.5, 0.6) is 0 Å². The van der Waals surface area contributed by atoms with Gasteiger partial charge in [0.25, 0.3) is 5.91 Å². The normalized spacial score (nSPS) is 10.3. The van der Waals surface area contributed by atoms with Gasteiger partial charge in [0.2, 0.25) is 0 Å². The van der Waals surface area contributed by atoms with Gasteiger partial charge in [-0.2, -0.15) is 0 Å². The van der Waals surface area contributed by atoms with Gasteiger partial charge in [0.05, 0.1) is 25.6 Å². The largest absolute Gasteiger partial charge is 0.395 e. The van der Waals surface area contributed by atoms with Gasteiger partial charge in [-0.25, -0.2) is 4.98 Å². The molecule has 0 atom stereocenters. The van der Waals surface area contributed by atoms with Crippen LogP contribution < -0.4 is 5.32 Å². The van der Waals surface area contributed by atoms with Gasteiger partial charge in [0.15, 0.2) is 0 Å². The van der Waals surface area contributed by atoms with Crippen molar-refractivity contribution in [3.05, 3.63) is 18.1 Å². The van der Waals surface area contributed by atoms with Gasteiger partial charge < -0.3 is 20.4 Å². The molecule has 0 aromatic carbocycles. The summed E-state index contributed by atoms with van der Waals surface area (Å²) in [7, 11) is 0. The molecule has 0 aliphatic carbocycles. The predicted octanol–water partition coefficient (Wildman–Crippen LogP) is -0.275. The lowest BCUT2D eigenvalue weighted by atomic mass is 10.3. The van der Waals surface area contributed by atoms with Crippen molar-refractivity contribution in [3.8, 4) is 0 Å². The molecule has 19 heavy (non-hydrogen) atoms. The third kappa shape index (κ3) is 4.80. The zero-order chi connectivity index (χ0) is 14.1. The summed E-state index contributed by atoms with van der Waals surface area (Å²) in [5.41, 5.74) is 0.197. The molecular weight excluding hydrogens is 248 g/mol. The van der Waals surface area contributed by atoms with Crippen molar-refractivity contribution in [2.45, 2.75) is 13.3 Å². The average Bonchev–Trinajstić information content (AvgIpc) is 2.44. The minimum atomic E-state index is -0.351. The van der Waals surface area contributed by atoms with Crippen LogP contribution >= 0.6 is 0 Å². The molecule has 0 aliphatic rings. The number of carbonyl (C=O) groups excluding carboxylic acids is 1. The molecule has 7 nitrogen and oxygen atoms in total.